The van der Waals surface area contributed by atoms with Gasteiger partial charge in [-0.15, -0.1) is 0 Å². The van der Waals surface area contributed by atoms with E-state index in [1.165, 1.54) is 0 Å². The molecule has 1 aromatic carbocycles. The maximum absolute atomic E-state index is 10.8. The molecule has 0 aliphatic carbocycles. The quantitative estimate of drug-likeness (QED) is 0.755. The normalized spacial score (nSPS) is 12.4. The van der Waals surface area contributed by atoms with Crippen LogP contribution in [0.2, 0.25) is 10.0 Å². The fraction of sp³-hybridized carbons (Fsp3) is 0.500. The standard InChI is InChI=1S/C14H19Cl2NO2/c1-2-3-4-5-10-9(8-12(17)14(18)19)6-7-11(15)13(10)16/h6-7,12H,2-5,8,17H2,1H3,(H,18,19). The van der Waals surface area contributed by atoms with E-state index in [1.807, 2.05) is 6.07 Å². The van der Waals surface area contributed by atoms with Gasteiger partial charge in [0.15, 0.2) is 0 Å². The minimum atomic E-state index is -1.01. The minimum Gasteiger partial charge on any atom is -0.480 e. The van der Waals surface area contributed by atoms with Crippen LogP contribution in [0.4, 0.5) is 0 Å². The molecule has 1 rings (SSSR count). The van der Waals surface area contributed by atoms with Crippen LogP contribution < -0.4 is 5.73 Å². The molecule has 0 aromatic heterocycles. The van der Waals surface area contributed by atoms with Gasteiger partial charge < -0.3 is 10.8 Å². The highest BCUT2D eigenvalue weighted by atomic mass is 35.5. The van der Waals surface area contributed by atoms with Crippen LogP contribution >= 0.6 is 23.2 Å². The molecule has 0 aliphatic heterocycles. The summed E-state index contributed by atoms with van der Waals surface area (Å²) in [7, 11) is 0. The Morgan fingerprint density at radius 1 is 1.37 bits per heavy atom. The molecule has 0 radical (unpaired) electrons. The Balaban J connectivity index is 2.95. The summed E-state index contributed by atoms with van der Waals surface area (Å²) in [5.41, 5.74) is 7.39. The number of carboxylic acids is 1. The van der Waals surface area contributed by atoms with Crippen molar-refractivity contribution >= 4 is 29.2 Å². The van der Waals surface area contributed by atoms with Crippen molar-refractivity contribution in [3.63, 3.8) is 0 Å². The van der Waals surface area contributed by atoms with E-state index in [0.29, 0.717) is 10.0 Å². The summed E-state index contributed by atoms with van der Waals surface area (Å²) in [4.78, 5) is 10.8. The van der Waals surface area contributed by atoms with Crippen molar-refractivity contribution in [3.05, 3.63) is 33.3 Å². The molecular formula is C14H19Cl2NO2. The second kappa shape index (κ2) is 7.73. The van der Waals surface area contributed by atoms with E-state index in [-0.39, 0.29) is 6.42 Å². The number of nitrogens with two attached hydrogens (primary N) is 1. The van der Waals surface area contributed by atoms with Crippen LogP contribution in [0.15, 0.2) is 12.1 Å². The average molecular weight is 304 g/mol. The lowest BCUT2D eigenvalue weighted by atomic mass is 9.96. The first kappa shape index (κ1) is 16.3. The summed E-state index contributed by atoms with van der Waals surface area (Å²) >= 11 is 12.2. The number of benzene rings is 1. The van der Waals surface area contributed by atoms with Crippen molar-refractivity contribution in [1.29, 1.82) is 0 Å². The van der Waals surface area contributed by atoms with Gasteiger partial charge in [-0.2, -0.15) is 0 Å². The molecule has 3 nitrogen and oxygen atoms in total. The SMILES string of the molecule is CCCCCc1c(CC(N)C(=O)O)ccc(Cl)c1Cl. The van der Waals surface area contributed by atoms with Crippen LogP contribution in [0.3, 0.4) is 0 Å². The molecular weight excluding hydrogens is 285 g/mol. The molecule has 0 bridgehead atoms. The van der Waals surface area contributed by atoms with Crippen molar-refractivity contribution in [2.75, 3.05) is 0 Å². The number of unbranched alkanes of at least 4 members (excludes halogenated alkanes) is 2. The van der Waals surface area contributed by atoms with E-state index in [4.69, 9.17) is 34.0 Å². The minimum absolute atomic E-state index is 0.272. The highest BCUT2D eigenvalue weighted by Gasteiger charge is 2.17. The van der Waals surface area contributed by atoms with Crippen molar-refractivity contribution in [2.45, 2.75) is 45.1 Å². The van der Waals surface area contributed by atoms with E-state index >= 15 is 0 Å². The van der Waals surface area contributed by atoms with E-state index in [1.54, 1.807) is 6.07 Å². The maximum Gasteiger partial charge on any atom is 0.320 e. The van der Waals surface area contributed by atoms with E-state index in [9.17, 15) is 4.79 Å². The predicted molar refractivity (Wildman–Crippen MR) is 79.0 cm³/mol. The topological polar surface area (TPSA) is 63.3 Å². The van der Waals surface area contributed by atoms with Crippen LogP contribution in [-0.4, -0.2) is 17.1 Å². The second-order valence-corrected chi connectivity index (χ2v) is 5.39. The number of carboxylic acid groups (broad SMARTS) is 1. The third kappa shape index (κ3) is 4.68. The molecule has 3 N–H and O–H groups in total. The second-order valence-electron chi connectivity index (χ2n) is 4.61. The number of hydrogen-bond donors (Lipinski definition) is 2. The molecule has 0 heterocycles. The first-order chi connectivity index (χ1) is 8.97. The summed E-state index contributed by atoms with van der Waals surface area (Å²) < 4.78 is 0. The van der Waals surface area contributed by atoms with Gasteiger partial charge in [-0.1, -0.05) is 49.0 Å². The van der Waals surface area contributed by atoms with Gasteiger partial charge in [-0.3, -0.25) is 4.79 Å². The van der Waals surface area contributed by atoms with Gasteiger partial charge >= 0.3 is 5.97 Å². The monoisotopic (exact) mass is 303 g/mol. The van der Waals surface area contributed by atoms with Crippen LogP contribution in [0.5, 0.6) is 0 Å². The van der Waals surface area contributed by atoms with Gasteiger partial charge in [0.25, 0.3) is 0 Å². The molecule has 0 saturated carbocycles. The number of hydrogen-bond acceptors (Lipinski definition) is 2. The third-order valence-electron chi connectivity index (χ3n) is 3.08. The van der Waals surface area contributed by atoms with Gasteiger partial charge in [0.05, 0.1) is 10.0 Å². The van der Waals surface area contributed by atoms with Crippen LogP contribution in [-0.2, 0) is 17.6 Å². The van der Waals surface area contributed by atoms with Crippen molar-refractivity contribution in [2.24, 2.45) is 5.73 Å². The largest absolute Gasteiger partial charge is 0.480 e. The maximum atomic E-state index is 10.8. The molecule has 1 aromatic rings. The summed E-state index contributed by atoms with van der Waals surface area (Å²) in [5.74, 6) is -1.01. The lowest BCUT2D eigenvalue weighted by molar-refractivity contribution is -0.138. The molecule has 0 spiro atoms. The molecule has 0 aliphatic rings. The van der Waals surface area contributed by atoms with Gasteiger partial charge in [0, 0.05) is 0 Å². The highest BCUT2D eigenvalue weighted by molar-refractivity contribution is 6.42. The van der Waals surface area contributed by atoms with E-state index in [0.717, 1.165) is 36.8 Å². The van der Waals surface area contributed by atoms with E-state index in [2.05, 4.69) is 6.92 Å². The Morgan fingerprint density at radius 2 is 2.05 bits per heavy atom. The molecule has 0 saturated heterocycles. The molecule has 106 valence electrons. The van der Waals surface area contributed by atoms with Crippen LogP contribution in [0.1, 0.15) is 37.3 Å². The first-order valence-electron chi connectivity index (χ1n) is 6.41. The molecule has 5 heteroatoms. The highest BCUT2D eigenvalue weighted by Crippen LogP contribution is 2.30. The zero-order valence-corrected chi connectivity index (χ0v) is 12.5. The van der Waals surface area contributed by atoms with Crippen molar-refractivity contribution < 1.29 is 9.90 Å². The number of rotatable bonds is 7. The predicted octanol–water partition coefficient (Wildman–Crippen LogP) is 3.68. The fourth-order valence-corrected chi connectivity index (χ4v) is 2.43. The Kier molecular flexibility index (Phi) is 6.63. The first-order valence-corrected chi connectivity index (χ1v) is 7.17. The number of halogens is 2. The summed E-state index contributed by atoms with van der Waals surface area (Å²) in [5, 5.41) is 9.91. The Labute approximate surface area is 123 Å². The van der Waals surface area contributed by atoms with E-state index < -0.39 is 12.0 Å². The Bertz CT molecular complexity index is 449. The van der Waals surface area contributed by atoms with Crippen LogP contribution in [0.25, 0.3) is 0 Å². The van der Waals surface area contributed by atoms with Crippen molar-refractivity contribution in [3.8, 4) is 0 Å². The molecule has 1 unspecified atom stereocenters. The zero-order chi connectivity index (χ0) is 14.4. The third-order valence-corrected chi connectivity index (χ3v) is 3.92. The Hall–Kier alpha value is -0.770. The molecule has 0 fully saturated rings. The lowest BCUT2D eigenvalue weighted by Crippen LogP contribution is -2.32. The van der Waals surface area contributed by atoms with Crippen molar-refractivity contribution in [1.82, 2.24) is 0 Å². The van der Waals surface area contributed by atoms with Gasteiger partial charge in [-0.05, 0) is 36.5 Å². The fourth-order valence-electron chi connectivity index (χ4n) is 1.97. The summed E-state index contributed by atoms with van der Waals surface area (Å²) in [6.45, 7) is 2.13. The summed E-state index contributed by atoms with van der Waals surface area (Å²) in [6, 6.07) is 2.59. The zero-order valence-electron chi connectivity index (χ0n) is 11.0. The molecule has 19 heavy (non-hydrogen) atoms. The number of aliphatic carboxylic acids is 1. The average Bonchev–Trinajstić information content (AvgIpc) is 2.37. The lowest BCUT2D eigenvalue weighted by Gasteiger charge is -2.14. The molecule has 0 amide bonds. The van der Waals surface area contributed by atoms with Gasteiger partial charge in [0.1, 0.15) is 6.04 Å². The number of carbonyl (C=O) groups is 1. The van der Waals surface area contributed by atoms with Gasteiger partial charge in [0.2, 0.25) is 0 Å². The Morgan fingerprint density at radius 3 is 2.63 bits per heavy atom. The molecule has 1 atom stereocenters. The van der Waals surface area contributed by atoms with Crippen LogP contribution in [0, 0.1) is 0 Å². The van der Waals surface area contributed by atoms with Gasteiger partial charge in [-0.25, -0.2) is 0 Å². The smallest absolute Gasteiger partial charge is 0.320 e. The summed E-state index contributed by atoms with van der Waals surface area (Å²) in [6.07, 6.45) is 4.30.